The first-order chi connectivity index (χ1) is 13.7. The monoisotopic (exact) mass is 445 g/mol. The minimum absolute atomic E-state index is 0.110. The lowest BCUT2D eigenvalue weighted by molar-refractivity contribution is 0.102. The molecule has 0 aliphatic carbocycles. The molecule has 2 saturated heterocycles. The highest BCUT2D eigenvalue weighted by Gasteiger charge is 2.20. The van der Waals surface area contributed by atoms with Crippen LogP contribution in [0.3, 0.4) is 0 Å². The first kappa shape index (κ1) is 19.2. The van der Waals surface area contributed by atoms with Crippen LogP contribution in [0.4, 0.5) is 17.1 Å². The molecular weight excluding hydrogens is 422 g/mol. The fraction of sp³-hybridized carbons (Fsp3) is 0.381. The number of morpholine rings is 2. The summed E-state index contributed by atoms with van der Waals surface area (Å²) < 4.78 is 11.9. The first-order valence-corrected chi connectivity index (χ1v) is 10.4. The molecule has 6 nitrogen and oxygen atoms in total. The van der Waals surface area contributed by atoms with E-state index >= 15 is 0 Å². The number of rotatable bonds is 4. The number of hydrogen-bond acceptors (Lipinski definition) is 5. The maximum absolute atomic E-state index is 12.8. The van der Waals surface area contributed by atoms with E-state index in [9.17, 15) is 4.79 Å². The predicted molar refractivity (Wildman–Crippen MR) is 115 cm³/mol. The molecule has 0 bridgehead atoms. The summed E-state index contributed by atoms with van der Waals surface area (Å²) in [6.07, 6.45) is 0. The van der Waals surface area contributed by atoms with Crippen LogP contribution in [0.25, 0.3) is 0 Å². The van der Waals surface area contributed by atoms with E-state index in [1.165, 1.54) is 0 Å². The average molecular weight is 446 g/mol. The number of ether oxygens (including phenoxy) is 2. The van der Waals surface area contributed by atoms with Crippen molar-refractivity contribution in [2.45, 2.75) is 0 Å². The van der Waals surface area contributed by atoms with Gasteiger partial charge in [-0.05, 0) is 42.5 Å². The largest absolute Gasteiger partial charge is 0.378 e. The molecule has 0 radical (unpaired) electrons. The Morgan fingerprint density at radius 3 is 2.11 bits per heavy atom. The zero-order valence-corrected chi connectivity index (χ0v) is 17.3. The number of carbonyl (C=O) groups excluding carboxylic acids is 1. The van der Waals surface area contributed by atoms with E-state index in [2.05, 4.69) is 43.2 Å². The number of nitrogens with one attached hydrogen (secondary N) is 1. The van der Waals surface area contributed by atoms with Crippen LogP contribution in [0, 0.1) is 0 Å². The van der Waals surface area contributed by atoms with E-state index < -0.39 is 0 Å². The molecule has 28 heavy (non-hydrogen) atoms. The molecule has 0 aromatic heterocycles. The summed E-state index contributed by atoms with van der Waals surface area (Å²) >= 11 is 3.41. The maximum Gasteiger partial charge on any atom is 0.255 e. The fourth-order valence-corrected chi connectivity index (χ4v) is 3.77. The standard InChI is InChI=1S/C21H24BrN3O3/c22-17-3-1-16(2-4-17)21(26)23-19-6-5-18(24-7-11-27-12-8-24)15-20(19)25-9-13-28-14-10-25/h1-6,15H,7-14H2,(H,23,26). The second kappa shape index (κ2) is 8.94. The van der Waals surface area contributed by atoms with Gasteiger partial charge in [-0.15, -0.1) is 0 Å². The van der Waals surface area contributed by atoms with E-state index in [4.69, 9.17) is 9.47 Å². The summed E-state index contributed by atoms with van der Waals surface area (Å²) in [7, 11) is 0. The van der Waals surface area contributed by atoms with Crippen molar-refractivity contribution >= 4 is 38.9 Å². The molecule has 0 spiro atoms. The van der Waals surface area contributed by atoms with Gasteiger partial charge in [-0.2, -0.15) is 0 Å². The van der Waals surface area contributed by atoms with Crippen molar-refractivity contribution in [3.05, 3.63) is 52.5 Å². The lowest BCUT2D eigenvalue weighted by Crippen LogP contribution is -2.38. The Labute approximate surface area is 173 Å². The fourth-order valence-electron chi connectivity index (χ4n) is 3.51. The van der Waals surface area contributed by atoms with E-state index in [-0.39, 0.29) is 5.91 Å². The summed E-state index contributed by atoms with van der Waals surface area (Å²) in [6, 6.07) is 13.6. The number of carbonyl (C=O) groups is 1. The zero-order chi connectivity index (χ0) is 19.3. The topological polar surface area (TPSA) is 54.0 Å². The first-order valence-electron chi connectivity index (χ1n) is 9.57. The van der Waals surface area contributed by atoms with Gasteiger partial charge in [-0.3, -0.25) is 4.79 Å². The molecule has 2 aromatic rings. The third kappa shape index (κ3) is 4.48. The second-order valence-corrected chi connectivity index (χ2v) is 7.78. The zero-order valence-electron chi connectivity index (χ0n) is 15.7. The van der Waals surface area contributed by atoms with E-state index in [0.717, 1.165) is 60.9 Å². The molecule has 2 aliphatic heterocycles. The second-order valence-electron chi connectivity index (χ2n) is 6.86. The molecule has 0 atom stereocenters. The van der Waals surface area contributed by atoms with Crippen molar-refractivity contribution in [3.63, 3.8) is 0 Å². The number of anilines is 3. The highest BCUT2D eigenvalue weighted by Crippen LogP contribution is 2.32. The van der Waals surface area contributed by atoms with Crippen molar-refractivity contribution in [2.75, 3.05) is 67.7 Å². The molecule has 4 rings (SSSR count). The summed E-state index contributed by atoms with van der Waals surface area (Å²) in [6.45, 7) is 6.27. The lowest BCUT2D eigenvalue weighted by Gasteiger charge is -2.33. The van der Waals surface area contributed by atoms with Crippen LogP contribution in [0.1, 0.15) is 10.4 Å². The lowest BCUT2D eigenvalue weighted by atomic mass is 10.1. The SMILES string of the molecule is O=C(Nc1ccc(N2CCOCC2)cc1N1CCOCC1)c1ccc(Br)cc1. The highest BCUT2D eigenvalue weighted by molar-refractivity contribution is 9.10. The summed E-state index contributed by atoms with van der Waals surface area (Å²) in [5.74, 6) is -0.110. The van der Waals surface area contributed by atoms with Crippen LogP contribution in [0.5, 0.6) is 0 Å². The van der Waals surface area contributed by atoms with E-state index in [1.807, 2.05) is 30.3 Å². The normalized spacial score (nSPS) is 17.5. The Hall–Kier alpha value is -2.09. The smallest absolute Gasteiger partial charge is 0.255 e. The van der Waals surface area contributed by atoms with Gasteiger partial charge in [0.2, 0.25) is 0 Å². The molecule has 2 fully saturated rings. The van der Waals surface area contributed by atoms with E-state index in [1.54, 1.807) is 0 Å². The highest BCUT2D eigenvalue weighted by atomic mass is 79.9. The van der Waals surface area contributed by atoms with Gasteiger partial charge in [0, 0.05) is 41.9 Å². The summed E-state index contributed by atoms with van der Waals surface area (Å²) in [5, 5.41) is 3.09. The van der Waals surface area contributed by atoms with Crippen molar-refractivity contribution in [1.82, 2.24) is 0 Å². The Morgan fingerprint density at radius 1 is 0.857 bits per heavy atom. The van der Waals surface area contributed by atoms with Crippen molar-refractivity contribution < 1.29 is 14.3 Å². The molecule has 2 aromatic carbocycles. The molecule has 148 valence electrons. The molecule has 1 N–H and O–H groups in total. The number of nitrogens with zero attached hydrogens (tertiary/aromatic N) is 2. The van der Waals surface area contributed by atoms with Gasteiger partial charge < -0.3 is 24.6 Å². The van der Waals surface area contributed by atoms with Gasteiger partial charge in [-0.1, -0.05) is 15.9 Å². The van der Waals surface area contributed by atoms with Gasteiger partial charge in [0.05, 0.1) is 37.8 Å². The Bertz CT molecular complexity index is 816. The van der Waals surface area contributed by atoms with Crippen LogP contribution in [0.15, 0.2) is 46.9 Å². The maximum atomic E-state index is 12.8. The van der Waals surface area contributed by atoms with Gasteiger partial charge in [0.25, 0.3) is 5.91 Å². The molecule has 0 unspecified atom stereocenters. The van der Waals surface area contributed by atoms with Gasteiger partial charge in [0.1, 0.15) is 0 Å². The van der Waals surface area contributed by atoms with Crippen LogP contribution in [-0.4, -0.2) is 58.5 Å². The Kier molecular flexibility index (Phi) is 6.14. The number of amides is 1. The number of hydrogen-bond donors (Lipinski definition) is 1. The predicted octanol–water partition coefficient (Wildman–Crippen LogP) is 3.37. The quantitative estimate of drug-likeness (QED) is 0.781. The van der Waals surface area contributed by atoms with Crippen LogP contribution < -0.4 is 15.1 Å². The Balaban J connectivity index is 1.60. The Morgan fingerprint density at radius 2 is 1.46 bits per heavy atom. The molecule has 2 heterocycles. The van der Waals surface area contributed by atoms with Crippen LogP contribution >= 0.6 is 15.9 Å². The van der Waals surface area contributed by atoms with Gasteiger partial charge >= 0.3 is 0 Å². The van der Waals surface area contributed by atoms with Crippen molar-refractivity contribution in [1.29, 1.82) is 0 Å². The van der Waals surface area contributed by atoms with E-state index in [0.29, 0.717) is 18.8 Å². The minimum Gasteiger partial charge on any atom is -0.378 e. The molecule has 1 amide bonds. The molecule has 7 heteroatoms. The third-order valence-corrected chi connectivity index (χ3v) is 5.59. The molecule has 0 saturated carbocycles. The van der Waals surface area contributed by atoms with Crippen molar-refractivity contribution in [2.24, 2.45) is 0 Å². The van der Waals surface area contributed by atoms with Crippen LogP contribution in [-0.2, 0) is 9.47 Å². The minimum atomic E-state index is -0.110. The number of benzene rings is 2. The van der Waals surface area contributed by atoms with Gasteiger partial charge in [0.15, 0.2) is 0 Å². The van der Waals surface area contributed by atoms with Gasteiger partial charge in [-0.25, -0.2) is 0 Å². The average Bonchev–Trinajstić information content (AvgIpc) is 2.75. The van der Waals surface area contributed by atoms with Crippen LogP contribution in [0.2, 0.25) is 0 Å². The molecule has 2 aliphatic rings. The number of halogens is 1. The third-order valence-electron chi connectivity index (χ3n) is 5.06. The summed E-state index contributed by atoms with van der Waals surface area (Å²) in [5.41, 5.74) is 3.66. The summed E-state index contributed by atoms with van der Waals surface area (Å²) in [4.78, 5) is 17.4. The van der Waals surface area contributed by atoms with Crippen molar-refractivity contribution in [3.8, 4) is 0 Å². The molecular formula is C21H24BrN3O3.